The fourth-order valence-corrected chi connectivity index (χ4v) is 6.57. The first-order valence-electron chi connectivity index (χ1n) is 22.4. The molecule has 2 unspecified atom stereocenters. The van der Waals surface area contributed by atoms with Crippen LogP contribution in [-0.2, 0) is 4.79 Å². The fourth-order valence-electron chi connectivity index (χ4n) is 6.57. The maximum Gasteiger partial charge on any atom is 0.220 e. The molecule has 1 amide bonds. The molecule has 0 radical (unpaired) electrons. The highest BCUT2D eigenvalue weighted by molar-refractivity contribution is 5.76. The van der Waals surface area contributed by atoms with Crippen molar-refractivity contribution in [2.45, 2.75) is 238 Å². The van der Waals surface area contributed by atoms with Crippen LogP contribution in [0.2, 0.25) is 0 Å². The van der Waals surface area contributed by atoms with Crippen molar-refractivity contribution in [3.8, 4) is 0 Å². The van der Waals surface area contributed by atoms with Gasteiger partial charge in [0.25, 0.3) is 0 Å². The van der Waals surface area contributed by atoms with E-state index < -0.39 is 12.1 Å². The van der Waals surface area contributed by atoms with Crippen molar-refractivity contribution in [3.63, 3.8) is 0 Å². The molecule has 4 nitrogen and oxygen atoms in total. The van der Waals surface area contributed by atoms with Gasteiger partial charge in [-0.05, 0) is 64.2 Å². The van der Waals surface area contributed by atoms with Crippen molar-refractivity contribution < 1.29 is 15.0 Å². The Hall–Kier alpha value is -1.65. The van der Waals surface area contributed by atoms with Crippen LogP contribution < -0.4 is 5.32 Å². The number of amides is 1. The number of hydrogen-bond donors (Lipinski definition) is 3. The highest BCUT2D eigenvalue weighted by Gasteiger charge is 2.17. The lowest BCUT2D eigenvalue weighted by atomic mass is 10.0. The molecule has 2 atom stereocenters. The third kappa shape index (κ3) is 39.4. The summed E-state index contributed by atoms with van der Waals surface area (Å²) in [7, 11) is 0. The van der Waals surface area contributed by atoms with Crippen molar-refractivity contribution in [1.82, 2.24) is 5.32 Å². The molecule has 0 heterocycles. The van der Waals surface area contributed by atoms with Gasteiger partial charge in [0, 0.05) is 6.42 Å². The van der Waals surface area contributed by atoms with Gasteiger partial charge in [0.1, 0.15) is 0 Å². The zero-order valence-corrected chi connectivity index (χ0v) is 34.1. The summed E-state index contributed by atoms with van der Waals surface area (Å²) in [6.45, 7) is 4.23. The molecule has 0 aliphatic heterocycles. The van der Waals surface area contributed by atoms with E-state index in [9.17, 15) is 15.0 Å². The highest BCUT2D eigenvalue weighted by atomic mass is 16.3. The zero-order chi connectivity index (χ0) is 37.1. The van der Waals surface area contributed by atoms with Gasteiger partial charge in [-0.25, -0.2) is 0 Å². The lowest BCUT2D eigenvalue weighted by Crippen LogP contribution is -2.45. The number of allylic oxidation sites excluding steroid dienone is 7. The molecule has 4 heteroatoms. The number of aliphatic hydroxyl groups excluding tert-OH is 2. The van der Waals surface area contributed by atoms with E-state index in [0.29, 0.717) is 6.42 Å². The first-order valence-corrected chi connectivity index (χ1v) is 22.4. The van der Waals surface area contributed by atoms with Crippen molar-refractivity contribution in [2.24, 2.45) is 0 Å². The second kappa shape index (κ2) is 42.8. The molecule has 3 N–H and O–H groups in total. The van der Waals surface area contributed by atoms with Crippen molar-refractivity contribution in [1.29, 1.82) is 0 Å². The molecule has 0 saturated carbocycles. The number of carbonyl (C=O) groups excluding carboxylic acids is 1. The Labute approximate surface area is 318 Å². The number of aliphatic hydroxyl groups is 2. The predicted molar refractivity (Wildman–Crippen MR) is 225 cm³/mol. The summed E-state index contributed by atoms with van der Waals surface area (Å²) in [5, 5.41) is 22.9. The Bertz CT molecular complexity index is 816. The Morgan fingerprint density at radius 3 is 1.22 bits per heavy atom. The first-order chi connectivity index (χ1) is 25.2. The van der Waals surface area contributed by atoms with Crippen LogP contribution in [-0.4, -0.2) is 34.9 Å². The molecule has 0 bridgehead atoms. The molecule has 51 heavy (non-hydrogen) atoms. The van der Waals surface area contributed by atoms with Crippen molar-refractivity contribution in [3.05, 3.63) is 48.6 Å². The minimum atomic E-state index is -0.872. The van der Waals surface area contributed by atoms with E-state index in [1.807, 2.05) is 6.08 Å². The normalized spacial score (nSPS) is 13.4. The van der Waals surface area contributed by atoms with Crippen LogP contribution >= 0.6 is 0 Å². The molecular formula is C47H87NO3. The Balaban J connectivity index is 3.56. The largest absolute Gasteiger partial charge is 0.394 e. The second-order valence-electron chi connectivity index (χ2n) is 15.1. The van der Waals surface area contributed by atoms with Crippen LogP contribution in [0.5, 0.6) is 0 Å². The van der Waals surface area contributed by atoms with Crippen LogP contribution in [0.1, 0.15) is 226 Å². The molecule has 0 rings (SSSR count). The summed E-state index contributed by atoms with van der Waals surface area (Å²) in [5.74, 6) is -0.0911. The maximum absolute atomic E-state index is 12.3. The molecule has 0 aliphatic rings. The molecule has 298 valence electrons. The summed E-state index contributed by atoms with van der Waals surface area (Å²) in [4.78, 5) is 12.3. The lowest BCUT2D eigenvalue weighted by Gasteiger charge is -2.19. The molecule has 0 spiro atoms. The van der Waals surface area contributed by atoms with Crippen molar-refractivity contribution in [2.75, 3.05) is 6.61 Å². The lowest BCUT2D eigenvalue weighted by molar-refractivity contribution is -0.123. The minimum absolute atomic E-state index is 0.0911. The van der Waals surface area contributed by atoms with E-state index in [4.69, 9.17) is 0 Å². The topological polar surface area (TPSA) is 69.6 Å². The van der Waals surface area contributed by atoms with Gasteiger partial charge in [0.15, 0.2) is 0 Å². The molecular weight excluding hydrogens is 627 g/mol. The quantitative estimate of drug-likeness (QED) is 0.0437. The summed E-state index contributed by atoms with van der Waals surface area (Å²) in [6.07, 6.45) is 58.2. The molecule has 0 aromatic heterocycles. The van der Waals surface area contributed by atoms with Crippen molar-refractivity contribution >= 4 is 5.91 Å². The number of nitrogens with one attached hydrogen (secondary N) is 1. The first kappa shape index (κ1) is 49.4. The summed E-state index contributed by atoms with van der Waals surface area (Å²) >= 11 is 0. The van der Waals surface area contributed by atoms with Gasteiger partial charge >= 0.3 is 0 Å². The van der Waals surface area contributed by atoms with Gasteiger partial charge in [-0.3, -0.25) is 4.79 Å². The fraction of sp³-hybridized carbons (Fsp3) is 0.809. The molecule has 0 aromatic rings. The standard InChI is InChI=1S/C47H87NO3/c1-3-5-7-9-11-13-15-16-17-18-19-20-21-22-23-24-25-26-27-28-29-30-31-32-33-34-36-38-40-42-46(50)45(44-49)48-47(51)43-41-39-37-35-14-12-10-8-6-4-2/h8,10,29-30,33-34,40,42,45-46,49-50H,3-7,9,11-28,31-32,35-39,41,43-44H2,1-2H3,(H,48,51)/b10-8-,30-29+,34-33+,42-40+. The van der Waals surface area contributed by atoms with Crippen LogP contribution in [0.25, 0.3) is 0 Å². The third-order valence-electron chi connectivity index (χ3n) is 9.99. The smallest absolute Gasteiger partial charge is 0.220 e. The monoisotopic (exact) mass is 714 g/mol. The average molecular weight is 714 g/mol. The summed E-state index contributed by atoms with van der Waals surface area (Å²) < 4.78 is 0. The summed E-state index contributed by atoms with van der Waals surface area (Å²) in [5.41, 5.74) is 0. The van der Waals surface area contributed by atoms with Gasteiger partial charge < -0.3 is 15.5 Å². The van der Waals surface area contributed by atoms with E-state index >= 15 is 0 Å². The van der Waals surface area contributed by atoms with Crippen LogP contribution in [0.3, 0.4) is 0 Å². The maximum atomic E-state index is 12.3. The van der Waals surface area contributed by atoms with E-state index in [1.165, 1.54) is 154 Å². The van der Waals surface area contributed by atoms with E-state index in [-0.39, 0.29) is 12.5 Å². The van der Waals surface area contributed by atoms with E-state index in [0.717, 1.165) is 51.4 Å². The van der Waals surface area contributed by atoms with Gasteiger partial charge in [-0.2, -0.15) is 0 Å². The van der Waals surface area contributed by atoms with Gasteiger partial charge in [0.05, 0.1) is 18.8 Å². The molecule has 0 aromatic carbocycles. The van der Waals surface area contributed by atoms with Crippen LogP contribution in [0, 0.1) is 0 Å². The molecule has 0 fully saturated rings. The van der Waals surface area contributed by atoms with E-state index in [2.05, 4.69) is 55.6 Å². The van der Waals surface area contributed by atoms with Gasteiger partial charge in [-0.15, -0.1) is 0 Å². The SMILES string of the molecule is CCC/C=C\CCCCCCCC(=O)NC(CO)C(O)/C=C/CC/C=C/CC/C=C/CCCCCCCCCCCCCCCCCCCCC. The van der Waals surface area contributed by atoms with E-state index in [1.54, 1.807) is 6.08 Å². The summed E-state index contributed by atoms with van der Waals surface area (Å²) in [6, 6.07) is -0.648. The Morgan fingerprint density at radius 1 is 0.451 bits per heavy atom. The molecule has 0 aliphatic carbocycles. The average Bonchev–Trinajstić information content (AvgIpc) is 3.13. The number of unbranched alkanes of at least 4 members (excludes halogenated alkanes) is 27. The predicted octanol–water partition coefficient (Wildman–Crippen LogP) is 14.0. The number of rotatable bonds is 40. The van der Waals surface area contributed by atoms with Gasteiger partial charge in [-0.1, -0.05) is 204 Å². The van der Waals surface area contributed by atoms with Gasteiger partial charge in [0.2, 0.25) is 5.91 Å². The van der Waals surface area contributed by atoms with Crippen LogP contribution in [0.4, 0.5) is 0 Å². The number of hydrogen-bond acceptors (Lipinski definition) is 3. The Kier molecular flexibility index (Phi) is 41.4. The Morgan fingerprint density at radius 2 is 0.804 bits per heavy atom. The number of carbonyl (C=O) groups is 1. The zero-order valence-electron chi connectivity index (χ0n) is 34.1. The second-order valence-corrected chi connectivity index (χ2v) is 15.1. The van der Waals surface area contributed by atoms with Crippen LogP contribution in [0.15, 0.2) is 48.6 Å². The highest BCUT2D eigenvalue weighted by Crippen LogP contribution is 2.15. The minimum Gasteiger partial charge on any atom is -0.394 e. The molecule has 0 saturated heterocycles. The third-order valence-corrected chi connectivity index (χ3v) is 9.99.